The number of halogens is 2. The zero-order valence-electron chi connectivity index (χ0n) is 20.7. The third-order valence-electron chi connectivity index (χ3n) is 6.75. The highest BCUT2D eigenvalue weighted by molar-refractivity contribution is 6.46. The SMILES string of the molecule is Cc1cc2c(cc1/C=C1\C(=O)NC(=O)N(c3cccc(Cl)c3Cl)C1=O)[C@H](C)CC(C)(C)N2C(C)C. The molecule has 2 aromatic carbocycles. The number of carbonyl (C=O) groups is 3. The van der Waals surface area contributed by atoms with Crippen molar-refractivity contribution in [2.75, 3.05) is 9.80 Å². The van der Waals surface area contributed by atoms with Crippen LogP contribution in [0.2, 0.25) is 10.0 Å². The Hall–Kier alpha value is -2.83. The fourth-order valence-corrected chi connectivity index (χ4v) is 5.82. The molecule has 0 radical (unpaired) electrons. The lowest BCUT2D eigenvalue weighted by Crippen LogP contribution is -2.54. The minimum atomic E-state index is -0.869. The van der Waals surface area contributed by atoms with E-state index in [9.17, 15) is 14.4 Å². The van der Waals surface area contributed by atoms with Gasteiger partial charge in [0.2, 0.25) is 0 Å². The number of fused-ring (bicyclic) bond motifs is 1. The first-order valence-corrected chi connectivity index (χ1v) is 12.4. The summed E-state index contributed by atoms with van der Waals surface area (Å²) in [5.74, 6) is -1.20. The highest BCUT2D eigenvalue weighted by Gasteiger charge is 2.40. The monoisotopic (exact) mass is 513 g/mol. The number of imide groups is 2. The van der Waals surface area contributed by atoms with Gasteiger partial charge in [-0.05, 0) is 94.0 Å². The first-order valence-electron chi connectivity index (χ1n) is 11.6. The van der Waals surface area contributed by atoms with Crippen LogP contribution in [0.4, 0.5) is 16.2 Å². The maximum atomic E-state index is 13.4. The largest absolute Gasteiger partial charge is 0.364 e. The number of nitrogens with zero attached hydrogens (tertiary/aromatic N) is 2. The summed E-state index contributed by atoms with van der Waals surface area (Å²) < 4.78 is 0. The van der Waals surface area contributed by atoms with Gasteiger partial charge in [-0.1, -0.05) is 36.2 Å². The lowest BCUT2D eigenvalue weighted by molar-refractivity contribution is -0.122. The standard InChI is InChI=1S/C27H29Cl2N3O3/c1-14(2)32-22-10-15(3)17(11-18(22)16(4)13-27(32,5)6)12-19-24(33)30-26(35)31(25(19)34)21-9-7-8-20(28)23(21)29/h7-12,14,16H,13H2,1-6H3,(H,30,33,35)/b19-12+/t16-/m1/s1. The Labute approximate surface area is 215 Å². The molecule has 0 spiro atoms. The molecular weight excluding hydrogens is 485 g/mol. The van der Waals surface area contributed by atoms with Gasteiger partial charge in [-0.2, -0.15) is 0 Å². The van der Waals surface area contributed by atoms with Gasteiger partial charge in [0, 0.05) is 17.3 Å². The second-order valence-corrected chi connectivity index (χ2v) is 11.0. The van der Waals surface area contributed by atoms with Gasteiger partial charge in [-0.3, -0.25) is 14.9 Å². The highest BCUT2D eigenvalue weighted by Crippen LogP contribution is 2.45. The van der Waals surface area contributed by atoms with Gasteiger partial charge in [0.15, 0.2) is 0 Å². The average Bonchev–Trinajstić information content (AvgIpc) is 2.73. The van der Waals surface area contributed by atoms with Crippen molar-refractivity contribution in [3.05, 3.63) is 62.6 Å². The first-order chi connectivity index (χ1) is 16.3. The van der Waals surface area contributed by atoms with Crippen molar-refractivity contribution in [3.8, 4) is 0 Å². The lowest BCUT2D eigenvalue weighted by Gasteiger charge is -2.50. The molecule has 4 amide bonds. The molecule has 4 rings (SSSR count). The Morgan fingerprint density at radius 1 is 1.11 bits per heavy atom. The molecule has 2 aromatic rings. The number of anilines is 2. The van der Waals surface area contributed by atoms with Crippen molar-refractivity contribution < 1.29 is 14.4 Å². The third kappa shape index (κ3) is 4.34. The molecule has 2 heterocycles. The van der Waals surface area contributed by atoms with E-state index in [4.69, 9.17) is 23.2 Å². The molecule has 6 nitrogen and oxygen atoms in total. The summed E-state index contributed by atoms with van der Waals surface area (Å²) >= 11 is 12.4. The van der Waals surface area contributed by atoms with E-state index in [1.165, 1.54) is 17.3 Å². The summed E-state index contributed by atoms with van der Waals surface area (Å²) in [6.07, 6.45) is 2.53. The Bertz CT molecular complexity index is 1280. The number of barbiturate groups is 1. The molecule has 184 valence electrons. The molecule has 2 aliphatic heterocycles. The van der Waals surface area contributed by atoms with Crippen LogP contribution in [0.25, 0.3) is 6.08 Å². The van der Waals surface area contributed by atoms with Gasteiger partial charge >= 0.3 is 6.03 Å². The Kier molecular flexibility index (Phi) is 6.49. The van der Waals surface area contributed by atoms with E-state index in [0.717, 1.165) is 22.4 Å². The molecule has 1 atom stereocenters. The van der Waals surface area contributed by atoms with Crippen molar-refractivity contribution in [1.82, 2.24) is 5.32 Å². The number of rotatable bonds is 3. The number of hydrogen-bond acceptors (Lipinski definition) is 4. The van der Waals surface area contributed by atoms with Gasteiger partial charge in [0.25, 0.3) is 11.8 Å². The average molecular weight is 514 g/mol. The van der Waals surface area contributed by atoms with Gasteiger partial charge in [-0.25, -0.2) is 9.69 Å². The molecule has 1 fully saturated rings. The summed E-state index contributed by atoms with van der Waals surface area (Å²) in [6, 6.07) is 8.27. The number of nitrogens with one attached hydrogen (secondary N) is 1. The Balaban J connectivity index is 1.81. The predicted octanol–water partition coefficient (Wildman–Crippen LogP) is 6.47. The molecule has 0 aliphatic carbocycles. The van der Waals surface area contributed by atoms with Crippen LogP contribution in [0.1, 0.15) is 63.6 Å². The predicted molar refractivity (Wildman–Crippen MR) is 141 cm³/mol. The van der Waals surface area contributed by atoms with Crippen LogP contribution in [0.15, 0.2) is 35.9 Å². The zero-order valence-corrected chi connectivity index (χ0v) is 22.2. The van der Waals surface area contributed by atoms with Gasteiger partial charge in [0.05, 0.1) is 15.7 Å². The minimum absolute atomic E-state index is 0.00329. The van der Waals surface area contributed by atoms with Crippen LogP contribution < -0.4 is 15.1 Å². The number of benzene rings is 2. The van der Waals surface area contributed by atoms with Crippen LogP contribution in [0.3, 0.4) is 0 Å². The molecule has 2 aliphatic rings. The van der Waals surface area contributed by atoms with Gasteiger partial charge < -0.3 is 4.90 Å². The van der Waals surface area contributed by atoms with Crippen LogP contribution in [0, 0.1) is 6.92 Å². The normalized spacial score (nSPS) is 21.0. The maximum Gasteiger partial charge on any atom is 0.336 e. The van der Waals surface area contributed by atoms with E-state index in [2.05, 4.69) is 57.0 Å². The van der Waals surface area contributed by atoms with Crippen molar-refractivity contribution in [2.24, 2.45) is 0 Å². The number of urea groups is 1. The van der Waals surface area contributed by atoms with Crippen LogP contribution >= 0.6 is 23.2 Å². The highest BCUT2D eigenvalue weighted by atomic mass is 35.5. The summed E-state index contributed by atoms with van der Waals surface area (Å²) in [5, 5.41) is 2.50. The zero-order chi connectivity index (χ0) is 25.8. The quantitative estimate of drug-likeness (QED) is 0.377. The lowest BCUT2D eigenvalue weighted by atomic mass is 9.78. The summed E-state index contributed by atoms with van der Waals surface area (Å²) in [6.45, 7) is 13.0. The minimum Gasteiger partial charge on any atom is -0.364 e. The number of amides is 4. The van der Waals surface area contributed by atoms with Crippen LogP contribution in [-0.4, -0.2) is 29.4 Å². The van der Waals surface area contributed by atoms with Gasteiger partial charge in [-0.15, -0.1) is 0 Å². The van der Waals surface area contributed by atoms with Gasteiger partial charge in [0.1, 0.15) is 5.57 Å². The van der Waals surface area contributed by atoms with E-state index in [1.807, 2.05) is 6.92 Å². The van der Waals surface area contributed by atoms with Crippen molar-refractivity contribution in [1.29, 1.82) is 0 Å². The molecule has 8 heteroatoms. The maximum absolute atomic E-state index is 13.4. The summed E-state index contributed by atoms with van der Waals surface area (Å²) in [4.78, 5) is 42.0. The smallest absolute Gasteiger partial charge is 0.336 e. The van der Waals surface area contributed by atoms with E-state index >= 15 is 0 Å². The van der Waals surface area contributed by atoms with E-state index < -0.39 is 17.8 Å². The second-order valence-electron chi connectivity index (χ2n) is 10.2. The molecular formula is C27H29Cl2N3O3. The Morgan fingerprint density at radius 3 is 2.46 bits per heavy atom. The van der Waals surface area contributed by atoms with Crippen molar-refractivity contribution >= 4 is 58.5 Å². The van der Waals surface area contributed by atoms with E-state index in [1.54, 1.807) is 18.2 Å². The van der Waals surface area contributed by atoms with Crippen molar-refractivity contribution in [3.63, 3.8) is 0 Å². The van der Waals surface area contributed by atoms with Crippen molar-refractivity contribution in [2.45, 2.75) is 65.5 Å². The third-order valence-corrected chi connectivity index (χ3v) is 7.56. The second kappa shape index (κ2) is 8.99. The fourth-order valence-electron chi connectivity index (χ4n) is 5.44. The molecule has 0 unspecified atom stereocenters. The molecule has 35 heavy (non-hydrogen) atoms. The molecule has 1 N–H and O–H groups in total. The fraction of sp³-hybridized carbons (Fsp3) is 0.370. The Morgan fingerprint density at radius 2 is 1.80 bits per heavy atom. The number of carbonyl (C=O) groups excluding carboxylic acids is 3. The van der Waals surface area contributed by atoms with E-state index in [-0.39, 0.29) is 26.8 Å². The summed E-state index contributed by atoms with van der Waals surface area (Å²) in [7, 11) is 0. The summed E-state index contributed by atoms with van der Waals surface area (Å²) in [5.41, 5.74) is 4.00. The topological polar surface area (TPSA) is 69.7 Å². The van der Waals surface area contributed by atoms with Crippen LogP contribution in [0.5, 0.6) is 0 Å². The molecule has 0 saturated carbocycles. The molecule has 0 aromatic heterocycles. The molecule has 0 bridgehead atoms. The number of aryl methyl sites for hydroxylation is 1. The molecule has 1 saturated heterocycles. The first kappa shape index (κ1) is 25.3. The van der Waals surface area contributed by atoms with E-state index in [0.29, 0.717) is 12.0 Å². The number of hydrogen-bond donors (Lipinski definition) is 1. The van der Waals surface area contributed by atoms with Crippen LogP contribution in [-0.2, 0) is 9.59 Å².